The number of rotatable bonds is 4. The number of thioether (sulfide) groups is 1. The quantitative estimate of drug-likeness (QED) is 0.723. The summed E-state index contributed by atoms with van der Waals surface area (Å²) in [6, 6.07) is 12.6. The van der Waals surface area contributed by atoms with Crippen molar-refractivity contribution in [2.45, 2.75) is 46.7 Å². The van der Waals surface area contributed by atoms with Crippen LogP contribution in [0.3, 0.4) is 0 Å². The van der Waals surface area contributed by atoms with Crippen LogP contribution < -0.4 is 0 Å². The van der Waals surface area contributed by atoms with Crippen molar-refractivity contribution in [1.29, 1.82) is 0 Å². The highest BCUT2D eigenvalue weighted by atomic mass is 32.2. The van der Waals surface area contributed by atoms with Crippen LogP contribution in [0.2, 0.25) is 0 Å². The zero-order valence-electron chi connectivity index (χ0n) is 15.9. The molecule has 4 nitrogen and oxygen atoms in total. The van der Waals surface area contributed by atoms with E-state index in [2.05, 4.69) is 40.7 Å². The summed E-state index contributed by atoms with van der Waals surface area (Å²) in [5.74, 6) is 0.0288. The molecular weight excluding hydrogens is 342 g/mol. The number of aliphatic imine (C=N–C) groups is 1. The molecule has 1 amide bonds. The molecule has 0 atom stereocenters. The van der Waals surface area contributed by atoms with Crippen LogP contribution in [-0.2, 0) is 4.79 Å². The number of aryl methyl sites for hydroxylation is 1. The molecule has 1 aromatic heterocycles. The molecule has 0 aliphatic carbocycles. The van der Waals surface area contributed by atoms with Crippen molar-refractivity contribution in [1.82, 2.24) is 9.47 Å². The van der Waals surface area contributed by atoms with Gasteiger partial charge in [-0.15, -0.1) is 0 Å². The summed E-state index contributed by atoms with van der Waals surface area (Å²) in [5.41, 5.74) is 3.29. The number of amidine groups is 1. The lowest BCUT2D eigenvalue weighted by Crippen LogP contribution is -2.35. The van der Waals surface area contributed by atoms with E-state index in [9.17, 15) is 4.79 Å². The van der Waals surface area contributed by atoms with E-state index < -0.39 is 0 Å². The van der Waals surface area contributed by atoms with Crippen molar-refractivity contribution in [3.8, 4) is 5.69 Å². The molecular formula is C21H25N3OS. The van der Waals surface area contributed by atoms with Crippen LogP contribution in [0.1, 0.15) is 39.0 Å². The van der Waals surface area contributed by atoms with Crippen molar-refractivity contribution >= 4 is 28.9 Å². The predicted molar refractivity (Wildman–Crippen MR) is 111 cm³/mol. The number of hydrogen-bond acceptors (Lipinski definition) is 3. The second kappa shape index (κ2) is 7.54. The zero-order valence-corrected chi connectivity index (χ0v) is 16.7. The van der Waals surface area contributed by atoms with Gasteiger partial charge in [-0.05, 0) is 76.7 Å². The summed E-state index contributed by atoms with van der Waals surface area (Å²) in [6.07, 6.45) is 3.98. The Morgan fingerprint density at radius 1 is 1.08 bits per heavy atom. The highest BCUT2D eigenvalue weighted by Crippen LogP contribution is 2.34. The van der Waals surface area contributed by atoms with Gasteiger partial charge in [-0.3, -0.25) is 14.7 Å². The standard InChI is InChI=1S/C21H25N3OS/c1-14(2)22-21-24(15(3)4)20(25)19(26-21)13-18-7-6-12-23(18)17-10-8-16(5)9-11-17/h6-15H,1-5H3/b19-13+,22-21?. The summed E-state index contributed by atoms with van der Waals surface area (Å²) >= 11 is 1.46. The van der Waals surface area contributed by atoms with Crippen molar-refractivity contribution in [3.63, 3.8) is 0 Å². The predicted octanol–water partition coefficient (Wildman–Crippen LogP) is 4.87. The van der Waals surface area contributed by atoms with Gasteiger partial charge < -0.3 is 4.57 Å². The lowest BCUT2D eigenvalue weighted by molar-refractivity contribution is -0.123. The first kappa shape index (κ1) is 18.5. The van der Waals surface area contributed by atoms with Crippen molar-refractivity contribution in [2.24, 2.45) is 4.99 Å². The van der Waals surface area contributed by atoms with E-state index in [1.807, 2.05) is 52.1 Å². The maximum atomic E-state index is 12.9. The Balaban J connectivity index is 1.97. The van der Waals surface area contributed by atoms with Crippen LogP contribution in [-0.4, -0.2) is 32.6 Å². The third kappa shape index (κ3) is 3.78. The number of aromatic nitrogens is 1. The lowest BCUT2D eigenvalue weighted by atomic mass is 10.2. The molecule has 2 aromatic rings. The van der Waals surface area contributed by atoms with E-state index in [4.69, 9.17) is 0 Å². The van der Waals surface area contributed by atoms with Crippen LogP contribution >= 0.6 is 11.8 Å². The number of hydrogen-bond donors (Lipinski definition) is 0. The van der Waals surface area contributed by atoms with Gasteiger partial charge in [-0.2, -0.15) is 0 Å². The molecule has 1 aromatic carbocycles. The van der Waals surface area contributed by atoms with Crippen LogP contribution in [0.15, 0.2) is 52.5 Å². The second-order valence-corrected chi connectivity index (χ2v) is 8.03. The van der Waals surface area contributed by atoms with Crippen molar-refractivity contribution < 1.29 is 4.79 Å². The minimum atomic E-state index is 0.0288. The number of amides is 1. The SMILES string of the molecule is Cc1ccc(-n2cccc2/C=C2/SC(=NC(C)C)N(C(C)C)C2=O)cc1. The molecule has 0 spiro atoms. The molecule has 2 heterocycles. The number of benzene rings is 1. The van der Waals surface area contributed by atoms with E-state index in [1.54, 1.807) is 4.90 Å². The fourth-order valence-electron chi connectivity index (χ4n) is 2.84. The molecule has 0 bridgehead atoms. The fraction of sp³-hybridized carbons (Fsp3) is 0.333. The topological polar surface area (TPSA) is 37.6 Å². The molecule has 1 fully saturated rings. The monoisotopic (exact) mass is 367 g/mol. The first-order valence-corrected chi connectivity index (χ1v) is 9.73. The third-order valence-electron chi connectivity index (χ3n) is 4.09. The molecule has 136 valence electrons. The molecule has 26 heavy (non-hydrogen) atoms. The van der Waals surface area contributed by atoms with Gasteiger partial charge in [0.2, 0.25) is 0 Å². The van der Waals surface area contributed by atoms with Gasteiger partial charge >= 0.3 is 0 Å². The lowest BCUT2D eigenvalue weighted by Gasteiger charge is -2.20. The molecule has 0 saturated carbocycles. The first-order valence-electron chi connectivity index (χ1n) is 8.92. The van der Waals surface area contributed by atoms with Crippen molar-refractivity contribution in [2.75, 3.05) is 0 Å². The van der Waals surface area contributed by atoms with Gasteiger partial charge in [0.05, 0.1) is 4.91 Å². The second-order valence-electron chi connectivity index (χ2n) is 7.02. The van der Waals surface area contributed by atoms with Gasteiger partial charge in [0.1, 0.15) is 0 Å². The highest BCUT2D eigenvalue weighted by Gasteiger charge is 2.35. The molecule has 5 heteroatoms. The van der Waals surface area contributed by atoms with E-state index in [0.717, 1.165) is 16.5 Å². The average molecular weight is 368 g/mol. The van der Waals surface area contributed by atoms with E-state index in [1.165, 1.54) is 17.3 Å². The normalized spacial score (nSPS) is 18.1. The Morgan fingerprint density at radius 3 is 2.38 bits per heavy atom. The minimum Gasteiger partial charge on any atom is -0.317 e. The van der Waals surface area contributed by atoms with Gasteiger partial charge in [0.15, 0.2) is 5.17 Å². The summed E-state index contributed by atoms with van der Waals surface area (Å²) in [5, 5.41) is 0.791. The minimum absolute atomic E-state index is 0.0288. The average Bonchev–Trinajstić information content (AvgIpc) is 3.13. The Kier molecular flexibility index (Phi) is 5.37. The van der Waals surface area contributed by atoms with Crippen LogP contribution in [0.4, 0.5) is 0 Å². The van der Waals surface area contributed by atoms with Gasteiger partial charge in [-0.25, -0.2) is 0 Å². The summed E-state index contributed by atoms with van der Waals surface area (Å²) in [4.78, 5) is 20.0. The molecule has 1 aliphatic heterocycles. The molecule has 3 rings (SSSR count). The number of carbonyl (C=O) groups is 1. The summed E-state index contributed by atoms with van der Waals surface area (Å²) in [7, 11) is 0. The molecule has 1 saturated heterocycles. The Hall–Kier alpha value is -2.27. The molecule has 0 unspecified atom stereocenters. The van der Waals surface area contributed by atoms with Crippen LogP contribution in [0, 0.1) is 6.92 Å². The zero-order chi connectivity index (χ0) is 18.8. The van der Waals surface area contributed by atoms with E-state index in [-0.39, 0.29) is 18.0 Å². The Morgan fingerprint density at radius 2 is 1.77 bits per heavy atom. The van der Waals surface area contributed by atoms with Gasteiger partial charge in [-0.1, -0.05) is 17.7 Å². The highest BCUT2D eigenvalue weighted by molar-refractivity contribution is 8.18. The van der Waals surface area contributed by atoms with Crippen LogP contribution in [0.5, 0.6) is 0 Å². The third-order valence-corrected chi connectivity index (χ3v) is 5.09. The first-order chi connectivity index (χ1) is 12.4. The van der Waals surface area contributed by atoms with Crippen molar-refractivity contribution in [3.05, 3.63) is 58.8 Å². The maximum Gasteiger partial charge on any atom is 0.267 e. The largest absolute Gasteiger partial charge is 0.317 e. The smallest absolute Gasteiger partial charge is 0.267 e. The molecule has 0 radical (unpaired) electrons. The number of nitrogens with zero attached hydrogens (tertiary/aromatic N) is 3. The Bertz CT molecular complexity index is 860. The summed E-state index contributed by atoms with van der Waals surface area (Å²) < 4.78 is 2.09. The number of carbonyl (C=O) groups excluding carboxylic acids is 1. The van der Waals surface area contributed by atoms with E-state index >= 15 is 0 Å². The Labute approximate surface area is 159 Å². The van der Waals surface area contributed by atoms with E-state index in [0.29, 0.717) is 4.91 Å². The van der Waals surface area contributed by atoms with Gasteiger partial charge in [0.25, 0.3) is 5.91 Å². The fourth-order valence-corrected chi connectivity index (χ4v) is 4.06. The molecule has 0 N–H and O–H groups in total. The maximum absolute atomic E-state index is 12.9. The molecule has 1 aliphatic rings. The van der Waals surface area contributed by atoms with Gasteiger partial charge in [0, 0.05) is 29.7 Å². The summed E-state index contributed by atoms with van der Waals surface area (Å²) in [6.45, 7) is 10.2. The van der Waals surface area contributed by atoms with Crippen LogP contribution in [0.25, 0.3) is 11.8 Å².